The van der Waals surface area contributed by atoms with Gasteiger partial charge in [-0.3, -0.25) is 4.79 Å². The Kier molecular flexibility index (Phi) is 4.95. The zero-order chi connectivity index (χ0) is 16.7. The van der Waals surface area contributed by atoms with Crippen molar-refractivity contribution >= 4 is 50.5 Å². The third-order valence-corrected chi connectivity index (χ3v) is 8.46. The molecule has 1 aliphatic heterocycles. The normalized spacial score (nSPS) is 25.2. The second kappa shape index (κ2) is 6.52. The maximum absolute atomic E-state index is 12.4. The lowest BCUT2D eigenvalue weighted by molar-refractivity contribution is -0.150. The van der Waals surface area contributed by atoms with Crippen molar-refractivity contribution in [3.63, 3.8) is 0 Å². The average molecular weight is 398 g/mol. The minimum atomic E-state index is -3.43. The van der Waals surface area contributed by atoms with Gasteiger partial charge in [0.15, 0.2) is 0 Å². The molecular weight excluding hydrogens is 381 g/mol. The Morgan fingerprint density at radius 2 is 2.04 bits per heavy atom. The van der Waals surface area contributed by atoms with Gasteiger partial charge < -0.3 is 4.74 Å². The van der Waals surface area contributed by atoms with Gasteiger partial charge in [-0.15, -0.1) is 34.5 Å². The van der Waals surface area contributed by atoms with Crippen LogP contribution in [-0.4, -0.2) is 42.7 Å². The summed E-state index contributed by atoms with van der Waals surface area (Å²) in [6.45, 7) is 0.899. The van der Waals surface area contributed by atoms with Crippen molar-refractivity contribution in [1.82, 2.24) is 4.31 Å². The van der Waals surface area contributed by atoms with Gasteiger partial charge in [0.1, 0.15) is 8.54 Å². The van der Waals surface area contributed by atoms with Crippen LogP contribution in [0.4, 0.5) is 0 Å². The molecule has 2 fully saturated rings. The van der Waals surface area contributed by atoms with Gasteiger partial charge in [0.25, 0.3) is 10.0 Å². The molecule has 1 aromatic heterocycles. The molecule has 1 aromatic rings. The van der Waals surface area contributed by atoms with Crippen LogP contribution in [0.2, 0.25) is 0 Å². The van der Waals surface area contributed by atoms with E-state index in [0.717, 1.165) is 0 Å². The summed E-state index contributed by atoms with van der Waals surface area (Å²) >= 11 is 13.0. The Bertz CT molecular complexity index is 667. The molecule has 0 aromatic carbocycles. The number of nitrogens with zero attached hydrogens (tertiary/aromatic N) is 1. The standard InChI is InChI=1S/C14H17Cl2NO4S2/c15-14(16)8-11(14)9-21-13(18)10-3-5-17(6-4-10)23(19,20)12-2-1-7-22-12/h1-2,7,10-11H,3-6,8-9H2/t11-/m0/s1. The molecule has 2 heterocycles. The van der Waals surface area contributed by atoms with Crippen molar-refractivity contribution in [1.29, 1.82) is 0 Å². The van der Waals surface area contributed by atoms with Crippen LogP contribution in [0.25, 0.3) is 0 Å². The van der Waals surface area contributed by atoms with E-state index < -0.39 is 14.4 Å². The monoisotopic (exact) mass is 397 g/mol. The predicted octanol–water partition coefficient (Wildman–Crippen LogP) is 2.89. The number of hydrogen-bond acceptors (Lipinski definition) is 5. The summed E-state index contributed by atoms with van der Waals surface area (Å²) in [5.74, 6) is -0.535. The highest BCUT2D eigenvalue weighted by molar-refractivity contribution is 7.91. The third-order valence-electron chi connectivity index (χ3n) is 4.26. The fourth-order valence-electron chi connectivity index (χ4n) is 2.62. The topological polar surface area (TPSA) is 63.7 Å². The van der Waals surface area contributed by atoms with Crippen LogP contribution in [0, 0.1) is 11.8 Å². The number of sulfonamides is 1. The SMILES string of the molecule is O=C(OC[C@@H]1CC1(Cl)Cl)C1CCN(S(=O)(=O)c2cccs2)CC1. The van der Waals surface area contributed by atoms with Crippen molar-refractivity contribution < 1.29 is 17.9 Å². The van der Waals surface area contributed by atoms with Gasteiger partial charge in [0, 0.05) is 19.0 Å². The Hall–Kier alpha value is -0.340. The van der Waals surface area contributed by atoms with Gasteiger partial charge >= 0.3 is 5.97 Å². The average Bonchev–Trinajstić information content (AvgIpc) is 2.95. The van der Waals surface area contributed by atoms with E-state index in [9.17, 15) is 13.2 Å². The molecular formula is C14H17Cl2NO4S2. The first-order valence-electron chi connectivity index (χ1n) is 7.39. The van der Waals surface area contributed by atoms with E-state index in [0.29, 0.717) is 36.6 Å². The fraction of sp³-hybridized carbons (Fsp3) is 0.643. The number of alkyl halides is 2. The van der Waals surface area contributed by atoms with Gasteiger partial charge in [-0.1, -0.05) is 6.07 Å². The van der Waals surface area contributed by atoms with Crippen molar-refractivity contribution in [3.05, 3.63) is 17.5 Å². The lowest BCUT2D eigenvalue weighted by Crippen LogP contribution is -2.40. The molecule has 1 saturated carbocycles. The molecule has 0 N–H and O–H groups in total. The van der Waals surface area contributed by atoms with E-state index in [1.807, 2.05) is 0 Å². The van der Waals surface area contributed by atoms with Crippen LogP contribution in [0.1, 0.15) is 19.3 Å². The minimum Gasteiger partial charge on any atom is -0.465 e. The Balaban J connectivity index is 1.49. The molecule has 0 bridgehead atoms. The second-order valence-electron chi connectivity index (χ2n) is 5.90. The van der Waals surface area contributed by atoms with Gasteiger partial charge in [-0.2, -0.15) is 4.31 Å². The quantitative estimate of drug-likeness (QED) is 0.565. The zero-order valence-corrected chi connectivity index (χ0v) is 15.4. The Morgan fingerprint density at radius 1 is 1.39 bits per heavy atom. The third kappa shape index (κ3) is 3.85. The first-order valence-corrected chi connectivity index (χ1v) is 10.5. The highest BCUT2D eigenvalue weighted by Crippen LogP contribution is 2.53. The number of rotatable bonds is 5. The van der Waals surface area contributed by atoms with E-state index in [1.165, 1.54) is 15.6 Å². The minimum absolute atomic E-state index is 0.00841. The van der Waals surface area contributed by atoms with Gasteiger partial charge in [-0.05, 0) is 30.7 Å². The maximum atomic E-state index is 12.4. The first-order chi connectivity index (χ1) is 10.8. The molecule has 3 rings (SSSR count). The summed E-state index contributed by atoms with van der Waals surface area (Å²) in [7, 11) is -3.43. The molecule has 128 valence electrons. The maximum Gasteiger partial charge on any atom is 0.309 e. The smallest absolute Gasteiger partial charge is 0.309 e. The molecule has 0 amide bonds. The van der Waals surface area contributed by atoms with E-state index in [2.05, 4.69) is 0 Å². The number of piperidine rings is 1. The molecule has 23 heavy (non-hydrogen) atoms. The van der Waals surface area contributed by atoms with E-state index in [-0.39, 0.29) is 24.4 Å². The Morgan fingerprint density at radius 3 is 2.57 bits per heavy atom. The second-order valence-corrected chi connectivity index (χ2v) is 10.6. The summed E-state index contributed by atoms with van der Waals surface area (Å²) in [6, 6.07) is 3.31. The number of thiophene rings is 1. The molecule has 1 aliphatic carbocycles. The van der Waals surface area contributed by atoms with Crippen LogP contribution >= 0.6 is 34.5 Å². The van der Waals surface area contributed by atoms with Crippen molar-refractivity contribution in [2.45, 2.75) is 27.8 Å². The molecule has 1 saturated heterocycles. The zero-order valence-electron chi connectivity index (χ0n) is 12.3. The van der Waals surface area contributed by atoms with Crippen molar-refractivity contribution in [3.8, 4) is 0 Å². The van der Waals surface area contributed by atoms with Crippen LogP contribution in [0.3, 0.4) is 0 Å². The Labute approximate surface area is 149 Å². The van der Waals surface area contributed by atoms with E-state index in [4.69, 9.17) is 27.9 Å². The molecule has 0 unspecified atom stereocenters. The molecule has 9 heteroatoms. The highest BCUT2D eigenvalue weighted by Gasteiger charge is 2.52. The number of carbonyl (C=O) groups is 1. The van der Waals surface area contributed by atoms with Gasteiger partial charge in [0.05, 0.1) is 12.5 Å². The molecule has 0 spiro atoms. The lowest BCUT2D eigenvalue weighted by atomic mass is 9.98. The summed E-state index contributed by atoms with van der Waals surface area (Å²) in [5, 5.41) is 1.74. The van der Waals surface area contributed by atoms with Crippen molar-refractivity contribution in [2.24, 2.45) is 11.8 Å². The summed E-state index contributed by atoms with van der Waals surface area (Å²) in [5.41, 5.74) is 0. The summed E-state index contributed by atoms with van der Waals surface area (Å²) < 4.78 is 31.1. The summed E-state index contributed by atoms with van der Waals surface area (Å²) in [6.07, 6.45) is 1.59. The first kappa shape index (κ1) is 17.5. The predicted molar refractivity (Wildman–Crippen MR) is 89.3 cm³/mol. The molecule has 2 aliphatic rings. The van der Waals surface area contributed by atoms with Crippen LogP contribution in [-0.2, 0) is 19.6 Å². The van der Waals surface area contributed by atoms with Crippen molar-refractivity contribution in [2.75, 3.05) is 19.7 Å². The van der Waals surface area contributed by atoms with Crippen LogP contribution < -0.4 is 0 Å². The van der Waals surface area contributed by atoms with Crippen LogP contribution in [0.15, 0.2) is 21.7 Å². The molecule has 5 nitrogen and oxygen atoms in total. The lowest BCUT2D eigenvalue weighted by Gasteiger charge is -2.29. The van der Waals surface area contributed by atoms with Gasteiger partial charge in [-0.25, -0.2) is 8.42 Å². The number of ether oxygens (including phenoxy) is 1. The van der Waals surface area contributed by atoms with Crippen LogP contribution in [0.5, 0.6) is 0 Å². The number of esters is 1. The molecule has 0 radical (unpaired) electrons. The highest BCUT2D eigenvalue weighted by atomic mass is 35.5. The van der Waals surface area contributed by atoms with E-state index in [1.54, 1.807) is 17.5 Å². The van der Waals surface area contributed by atoms with E-state index >= 15 is 0 Å². The summed E-state index contributed by atoms with van der Waals surface area (Å²) in [4.78, 5) is 12.1. The number of hydrogen-bond donors (Lipinski definition) is 0. The fourth-order valence-corrected chi connectivity index (χ4v) is 5.73. The largest absolute Gasteiger partial charge is 0.465 e. The van der Waals surface area contributed by atoms with Gasteiger partial charge in [0.2, 0.25) is 0 Å². The number of halogens is 2. The number of carbonyl (C=O) groups excluding carboxylic acids is 1. The molecule has 1 atom stereocenters.